The second-order valence-corrected chi connectivity index (χ2v) is 3.74. The van der Waals surface area contributed by atoms with Gasteiger partial charge >= 0.3 is 13.5 Å². The first-order valence-corrected chi connectivity index (χ1v) is 5.56. The maximum Gasteiger partial charge on any atom is 0.569 e. The monoisotopic (exact) mass is 266 g/mol. The van der Waals surface area contributed by atoms with Gasteiger partial charge in [-0.25, -0.2) is 0 Å². The molecule has 98 valence electrons. The first kappa shape index (κ1) is 13.5. The summed E-state index contributed by atoms with van der Waals surface area (Å²) >= 11 is 0. The highest BCUT2D eigenvalue weighted by atomic mass is 19.4. The van der Waals surface area contributed by atoms with Gasteiger partial charge in [0.05, 0.1) is 0 Å². The van der Waals surface area contributed by atoms with Crippen molar-refractivity contribution in [1.82, 2.24) is 0 Å². The van der Waals surface area contributed by atoms with E-state index in [1.807, 2.05) is 0 Å². The summed E-state index contributed by atoms with van der Waals surface area (Å²) in [6.45, 7) is 0. The zero-order chi connectivity index (χ0) is 13.7. The van der Waals surface area contributed by atoms with E-state index in [0.717, 1.165) is 0 Å². The van der Waals surface area contributed by atoms with Crippen LogP contribution in [0.4, 0.5) is 13.2 Å². The summed E-state index contributed by atoms with van der Waals surface area (Å²) in [7, 11) is -1.52. The zero-order valence-corrected chi connectivity index (χ0v) is 9.80. The van der Waals surface area contributed by atoms with Crippen LogP contribution in [0.2, 0.25) is 0 Å². The van der Waals surface area contributed by atoms with Crippen LogP contribution in [0.25, 0.3) is 0 Å². The zero-order valence-electron chi connectivity index (χ0n) is 9.80. The Morgan fingerprint density at radius 2 is 1.32 bits per heavy atom. The molecule has 0 amide bonds. The summed E-state index contributed by atoms with van der Waals surface area (Å²) in [6, 6.07) is 16.2. The lowest BCUT2D eigenvalue weighted by molar-refractivity contribution is -0.281. The molecule has 0 unspecified atom stereocenters. The predicted octanol–water partition coefficient (Wildman–Crippen LogP) is 3.00. The molecule has 2 rings (SSSR count). The smallest absolute Gasteiger partial charge is 0.532 e. The Morgan fingerprint density at radius 1 is 0.789 bits per heavy atom. The Labute approximate surface area is 108 Å². The fraction of sp³-hybridized carbons (Fsp3) is 0.0769. The average Bonchev–Trinajstić information content (AvgIpc) is 2.39. The Balaban J connectivity index is 2.20. The Morgan fingerprint density at radius 3 is 1.84 bits per heavy atom. The van der Waals surface area contributed by atoms with E-state index in [1.54, 1.807) is 48.5 Å². The van der Waals surface area contributed by atoms with Crippen molar-refractivity contribution in [3.63, 3.8) is 0 Å². The maximum atomic E-state index is 12.4. The van der Waals surface area contributed by atoms with E-state index in [0.29, 0.717) is 11.2 Å². The van der Waals surface area contributed by atoms with Crippen molar-refractivity contribution < 1.29 is 22.5 Å². The molecule has 2 aromatic carbocycles. The van der Waals surface area contributed by atoms with Gasteiger partial charge in [0, 0.05) is 0 Å². The van der Waals surface area contributed by atoms with Gasteiger partial charge in [-0.2, -0.15) is 0 Å². The highest BCUT2D eigenvalue weighted by Crippen LogP contribution is 2.19. The number of alkyl halides is 3. The number of benzene rings is 2. The van der Waals surface area contributed by atoms with Crippen LogP contribution >= 0.6 is 0 Å². The first-order valence-electron chi connectivity index (χ1n) is 5.56. The van der Waals surface area contributed by atoms with E-state index in [4.69, 9.17) is 4.65 Å². The molecule has 0 aliphatic carbocycles. The predicted molar refractivity (Wildman–Crippen MR) is 66.0 cm³/mol. The van der Waals surface area contributed by atoms with Crippen molar-refractivity contribution >= 4 is 12.6 Å². The van der Waals surface area contributed by atoms with Crippen LogP contribution in [-0.2, 0) is 4.65 Å². The minimum atomic E-state index is -4.77. The number of hydrogen-bond donors (Lipinski definition) is 0. The largest absolute Gasteiger partial charge is 0.569 e. The molecule has 0 saturated heterocycles. The number of hydrogen-bond acceptors (Lipinski definition) is 2. The van der Waals surface area contributed by atoms with Gasteiger partial charge in [0.25, 0.3) is 0 Å². The van der Waals surface area contributed by atoms with Crippen LogP contribution in [0.15, 0.2) is 60.7 Å². The summed E-state index contributed by atoms with van der Waals surface area (Å²) in [6.07, 6.45) is -4.77. The Kier molecular flexibility index (Phi) is 4.11. The molecule has 19 heavy (non-hydrogen) atoms. The summed E-state index contributed by atoms with van der Waals surface area (Å²) in [5.74, 6) is 0.306. The quantitative estimate of drug-likeness (QED) is 0.792. The molecule has 0 aliphatic rings. The van der Waals surface area contributed by atoms with Crippen molar-refractivity contribution in [2.24, 2.45) is 0 Å². The van der Waals surface area contributed by atoms with Gasteiger partial charge in [-0.3, -0.25) is 0 Å². The molecular formula is C13H10BF3O2. The van der Waals surface area contributed by atoms with E-state index in [-0.39, 0.29) is 0 Å². The van der Waals surface area contributed by atoms with Crippen molar-refractivity contribution in [2.75, 3.05) is 0 Å². The van der Waals surface area contributed by atoms with E-state index in [2.05, 4.69) is 4.65 Å². The fourth-order valence-electron chi connectivity index (χ4n) is 1.51. The fourth-order valence-corrected chi connectivity index (χ4v) is 1.51. The third kappa shape index (κ3) is 4.33. The molecule has 2 aromatic rings. The van der Waals surface area contributed by atoms with Crippen LogP contribution in [0, 0.1) is 0 Å². The molecule has 0 heterocycles. The third-order valence-corrected chi connectivity index (χ3v) is 2.30. The van der Waals surface area contributed by atoms with Gasteiger partial charge in [-0.1, -0.05) is 48.5 Å². The normalized spacial score (nSPS) is 11.1. The van der Waals surface area contributed by atoms with E-state index >= 15 is 0 Å². The standard InChI is InChI=1S/C13H10BF3O2/c15-13(16,17)19-14(11-7-3-1-4-8-11)18-12-9-5-2-6-10-12/h1-10H. The van der Waals surface area contributed by atoms with Gasteiger partial charge in [-0.15, -0.1) is 13.2 Å². The SMILES string of the molecule is FC(F)(F)OB(Oc1ccccc1)c1ccccc1. The molecule has 0 bridgehead atoms. The second kappa shape index (κ2) is 5.80. The molecule has 0 aliphatic heterocycles. The van der Waals surface area contributed by atoms with Crippen LogP contribution < -0.4 is 10.1 Å². The molecule has 0 aromatic heterocycles. The molecular weight excluding hydrogens is 256 g/mol. The lowest BCUT2D eigenvalue weighted by Crippen LogP contribution is -2.43. The summed E-state index contributed by atoms with van der Waals surface area (Å²) in [4.78, 5) is 0. The van der Waals surface area contributed by atoms with Crippen LogP contribution in [-0.4, -0.2) is 13.5 Å². The minimum absolute atomic E-state index is 0.295. The molecule has 0 spiro atoms. The molecule has 2 nitrogen and oxygen atoms in total. The molecule has 0 atom stereocenters. The lowest BCUT2D eigenvalue weighted by atomic mass is 9.79. The van der Waals surface area contributed by atoms with Crippen LogP contribution in [0.5, 0.6) is 5.75 Å². The summed E-state index contributed by atoms with van der Waals surface area (Å²) in [5, 5.41) is 0. The molecule has 0 saturated carbocycles. The van der Waals surface area contributed by atoms with Gasteiger partial charge in [0.1, 0.15) is 5.75 Å². The van der Waals surface area contributed by atoms with Gasteiger partial charge < -0.3 is 9.31 Å². The van der Waals surface area contributed by atoms with Gasteiger partial charge in [-0.05, 0) is 17.6 Å². The van der Waals surface area contributed by atoms with Gasteiger partial charge in [0.15, 0.2) is 0 Å². The van der Waals surface area contributed by atoms with Crippen molar-refractivity contribution in [1.29, 1.82) is 0 Å². The molecule has 6 heteroatoms. The van der Waals surface area contributed by atoms with Crippen molar-refractivity contribution in [3.8, 4) is 5.75 Å². The summed E-state index contributed by atoms with van der Waals surface area (Å²) in [5.41, 5.74) is 0.295. The Hall–Kier alpha value is -1.95. The second-order valence-electron chi connectivity index (χ2n) is 3.74. The lowest BCUT2D eigenvalue weighted by Gasteiger charge is -2.17. The average molecular weight is 266 g/mol. The van der Waals surface area contributed by atoms with Crippen LogP contribution in [0.1, 0.15) is 0 Å². The van der Waals surface area contributed by atoms with E-state index in [1.165, 1.54) is 12.1 Å². The van der Waals surface area contributed by atoms with Crippen LogP contribution in [0.3, 0.4) is 0 Å². The molecule has 0 radical (unpaired) electrons. The number of para-hydroxylation sites is 1. The minimum Gasteiger partial charge on any atom is -0.532 e. The first-order chi connectivity index (χ1) is 9.04. The maximum absolute atomic E-state index is 12.4. The topological polar surface area (TPSA) is 18.5 Å². The molecule has 0 fully saturated rings. The highest BCUT2D eigenvalue weighted by molar-refractivity contribution is 6.62. The number of rotatable bonds is 4. The Bertz CT molecular complexity index is 502. The van der Waals surface area contributed by atoms with Crippen molar-refractivity contribution in [2.45, 2.75) is 6.36 Å². The van der Waals surface area contributed by atoms with Gasteiger partial charge in [0.2, 0.25) is 0 Å². The van der Waals surface area contributed by atoms with E-state index in [9.17, 15) is 13.2 Å². The summed E-state index contributed by atoms with van der Waals surface area (Å²) < 4.78 is 46.4. The highest BCUT2D eigenvalue weighted by Gasteiger charge is 2.39. The van der Waals surface area contributed by atoms with E-state index < -0.39 is 13.5 Å². The number of halogens is 3. The van der Waals surface area contributed by atoms with Crippen molar-refractivity contribution in [3.05, 3.63) is 60.7 Å². The third-order valence-electron chi connectivity index (χ3n) is 2.30. The molecule has 0 N–H and O–H groups in total.